The Morgan fingerprint density at radius 1 is 1.21 bits per heavy atom. The van der Waals surface area contributed by atoms with Crippen LogP contribution in [0.1, 0.15) is 49.3 Å². The Labute approximate surface area is 204 Å². The van der Waals surface area contributed by atoms with Gasteiger partial charge >= 0.3 is 5.92 Å². The molecule has 2 N–H and O–H groups in total. The van der Waals surface area contributed by atoms with Gasteiger partial charge in [0.2, 0.25) is 0 Å². The van der Waals surface area contributed by atoms with Crippen LogP contribution in [0, 0.1) is 0 Å². The van der Waals surface area contributed by atoms with Gasteiger partial charge in [-0.25, -0.2) is 9.19 Å². The number of alkyl halides is 2. The second kappa shape index (κ2) is 8.76. The van der Waals surface area contributed by atoms with E-state index in [1.54, 1.807) is 0 Å². The number of benzene rings is 1. The quantitative estimate of drug-likeness (QED) is 0.595. The van der Waals surface area contributed by atoms with Crippen molar-refractivity contribution in [2.45, 2.75) is 54.4 Å². The predicted molar refractivity (Wildman–Crippen MR) is 128 cm³/mol. The van der Waals surface area contributed by atoms with Gasteiger partial charge in [-0.1, -0.05) is 23.7 Å². The van der Waals surface area contributed by atoms with Crippen LogP contribution >= 0.6 is 11.6 Å². The topological polar surface area (TPSA) is 105 Å². The van der Waals surface area contributed by atoms with Crippen molar-refractivity contribution in [1.29, 1.82) is 0 Å². The highest BCUT2D eigenvalue weighted by Crippen LogP contribution is 2.45. The van der Waals surface area contributed by atoms with Gasteiger partial charge in [0.05, 0.1) is 38.4 Å². The maximum absolute atomic E-state index is 14.6. The highest BCUT2D eigenvalue weighted by Gasteiger charge is 2.49. The van der Waals surface area contributed by atoms with E-state index in [2.05, 4.69) is 19.6 Å². The normalized spacial score (nSPS) is 29.2. The molecule has 1 atom stereocenters. The molecule has 5 rings (SSSR count). The van der Waals surface area contributed by atoms with Crippen LogP contribution in [0.4, 0.5) is 20.5 Å². The van der Waals surface area contributed by atoms with Gasteiger partial charge in [0.15, 0.2) is 0 Å². The molecule has 12 heteroatoms. The highest BCUT2D eigenvalue weighted by molar-refractivity contribution is 7.93. The third-order valence-electron chi connectivity index (χ3n) is 6.90. The molecule has 2 aliphatic heterocycles. The molecule has 1 aromatic carbocycles. The minimum absolute atomic E-state index is 0.00846. The van der Waals surface area contributed by atoms with Crippen LogP contribution in [0.5, 0.6) is 0 Å². The average molecular weight is 531 g/mol. The Bertz CT molecular complexity index is 1240. The molecule has 7 nitrogen and oxygen atoms in total. The monoisotopic (exact) mass is 530 g/mol. The molecule has 184 valence electrons. The van der Waals surface area contributed by atoms with Crippen molar-refractivity contribution in [2.24, 2.45) is 4.36 Å². The Kier molecular flexibility index (Phi) is 6.19. The van der Waals surface area contributed by atoms with Crippen LogP contribution in [0.15, 0.2) is 33.5 Å². The van der Waals surface area contributed by atoms with Crippen LogP contribution in [0.25, 0.3) is 0 Å². The van der Waals surface area contributed by atoms with Crippen molar-refractivity contribution in [2.75, 3.05) is 29.2 Å². The molecule has 1 aromatic heterocycles. The highest BCUT2D eigenvalue weighted by atomic mass is 35.5. The van der Waals surface area contributed by atoms with Crippen molar-refractivity contribution in [3.63, 3.8) is 0 Å². The number of nitrogens with zero attached hydrogens (tertiary/aromatic N) is 3. The number of nitrogens with one attached hydrogen (secondary N) is 1. The van der Waals surface area contributed by atoms with Crippen LogP contribution in [-0.4, -0.2) is 52.9 Å². The number of aromatic nitrogens is 2. The summed E-state index contributed by atoms with van der Waals surface area (Å²) in [5, 5.41) is 13.5. The van der Waals surface area contributed by atoms with E-state index in [0.717, 1.165) is 12.0 Å². The summed E-state index contributed by atoms with van der Waals surface area (Å²) in [5.74, 6) is -3.76. The standard InChI is InChI=1S/C22H25ClF2N4O3S2/c23-16-4-2-14(3-5-16)15-6-10-34(32,11-7-15)29-20-26-18-17(33(31)13-22(18,24)25)19(27-20)28-21(12-30)8-1-9-21/h2-5,15,30H,1,6-13H2,(H,26,27,28). The van der Waals surface area contributed by atoms with E-state index in [1.165, 1.54) is 0 Å². The Balaban J connectivity index is 1.47. The molecule has 1 aliphatic carbocycles. The number of hydrogen-bond acceptors (Lipinski definition) is 7. The first-order valence-corrected chi connectivity index (χ1v) is 14.7. The minimum atomic E-state index is -3.40. The lowest BCUT2D eigenvalue weighted by atomic mass is 9.77. The molecule has 0 radical (unpaired) electrons. The lowest BCUT2D eigenvalue weighted by Crippen LogP contribution is -2.48. The Hall–Kier alpha value is -1.69. The van der Waals surface area contributed by atoms with Crippen LogP contribution in [0.2, 0.25) is 5.02 Å². The smallest absolute Gasteiger partial charge is 0.302 e. The van der Waals surface area contributed by atoms with Gasteiger partial charge in [-0.2, -0.15) is 18.1 Å². The van der Waals surface area contributed by atoms with E-state index < -0.39 is 43.4 Å². The van der Waals surface area contributed by atoms with E-state index in [-0.39, 0.29) is 29.2 Å². The first-order valence-electron chi connectivity index (χ1n) is 11.2. The molecule has 1 saturated heterocycles. The first kappa shape index (κ1) is 24.0. The zero-order valence-electron chi connectivity index (χ0n) is 18.3. The van der Waals surface area contributed by atoms with Crippen molar-refractivity contribution in [1.82, 2.24) is 9.97 Å². The Morgan fingerprint density at radius 3 is 2.47 bits per heavy atom. The molecule has 2 fully saturated rings. The third kappa shape index (κ3) is 4.47. The minimum Gasteiger partial charge on any atom is -0.394 e. The summed E-state index contributed by atoms with van der Waals surface area (Å²) in [4.78, 5) is 8.06. The summed E-state index contributed by atoms with van der Waals surface area (Å²) >= 11 is 5.96. The summed E-state index contributed by atoms with van der Waals surface area (Å²) in [7, 11) is -4.73. The molecule has 0 amide bonds. The third-order valence-corrected chi connectivity index (χ3v) is 10.9. The van der Waals surface area contributed by atoms with Crippen molar-refractivity contribution >= 4 is 43.9 Å². The fourth-order valence-electron chi connectivity index (χ4n) is 4.72. The summed E-state index contributed by atoms with van der Waals surface area (Å²) in [6.07, 6.45) is 3.42. The van der Waals surface area contributed by atoms with Gasteiger partial charge in [-0.15, -0.1) is 0 Å². The van der Waals surface area contributed by atoms with Crippen LogP contribution in [0.3, 0.4) is 0 Å². The number of hydrogen-bond donors (Lipinski definition) is 2. The lowest BCUT2D eigenvalue weighted by molar-refractivity contribution is 0.0192. The molecule has 3 aliphatic rings. The zero-order chi connectivity index (χ0) is 24.1. The number of rotatable bonds is 5. The average Bonchev–Trinajstić information content (AvgIpc) is 3.00. The lowest BCUT2D eigenvalue weighted by Gasteiger charge is -2.41. The van der Waals surface area contributed by atoms with E-state index in [9.17, 15) is 22.3 Å². The van der Waals surface area contributed by atoms with E-state index >= 15 is 0 Å². The maximum atomic E-state index is 14.6. The zero-order valence-corrected chi connectivity index (χ0v) is 20.7. The molecule has 34 heavy (non-hydrogen) atoms. The summed E-state index contributed by atoms with van der Waals surface area (Å²) in [6.45, 7) is -0.204. The summed E-state index contributed by atoms with van der Waals surface area (Å²) < 4.78 is 59.5. The van der Waals surface area contributed by atoms with Gasteiger partial charge in [-0.3, -0.25) is 4.21 Å². The molecular formula is C22H25ClF2N4O3S2. The van der Waals surface area contributed by atoms with E-state index in [1.807, 2.05) is 24.3 Å². The molecule has 3 heterocycles. The van der Waals surface area contributed by atoms with Gasteiger partial charge in [0.25, 0.3) is 5.95 Å². The molecule has 1 saturated carbocycles. The second-order valence-corrected chi connectivity index (χ2v) is 13.6. The van der Waals surface area contributed by atoms with Crippen molar-refractivity contribution in [3.05, 3.63) is 40.5 Å². The number of fused-ring (bicyclic) bond motifs is 1. The SMILES string of the molecule is O=S1CC(F)(F)c2nc(N=S3(=O)CCC(c4ccc(Cl)cc4)CC3)nc(NC3(CO)CCC3)c21. The van der Waals surface area contributed by atoms with Gasteiger partial charge in [0, 0.05) is 16.5 Å². The van der Waals surface area contributed by atoms with Crippen LogP contribution in [-0.2, 0) is 26.5 Å². The fraction of sp³-hybridized carbons (Fsp3) is 0.545. The molecule has 1 unspecified atom stereocenters. The van der Waals surface area contributed by atoms with Gasteiger partial charge < -0.3 is 10.4 Å². The van der Waals surface area contributed by atoms with E-state index in [0.29, 0.717) is 42.2 Å². The first-order chi connectivity index (χ1) is 16.1. The fourth-order valence-corrected chi connectivity index (χ4v) is 8.25. The van der Waals surface area contributed by atoms with E-state index in [4.69, 9.17) is 11.6 Å². The number of halogens is 3. The summed E-state index contributed by atoms with van der Waals surface area (Å²) in [5.41, 5.74) is -0.212. The molecule has 0 bridgehead atoms. The molecule has 2 aromatic rings. The van der Waals surface area contributed by atoms with Gasteiger partial charge in [-0.05, 0) is 55.7 Å². The summed E-state index contributed by atoms with van der Waals surface area (Å²) in [6, 6.07) is 7.56. The maximum Gasteiger partial charge on any atom is 0.302 e. The second-order valence-electron chi connectivity index (χ2n) is 9.26. The number of aliphatic hydroxyl groups excluding tert-OH is 1. The Morgan fingerprint density at radius 2 is 1.88 bits per heavy atom. The van der Waals surface area contributed by atoms with Crippen molar-refractivity contribution in [3.8, 4) is 0 Å². The molecular weight excluding hydrogens is 506 g/mol. The van der Waals surface area contributed by atoms with Crippen LogP contribution < -0.4 is 5.32 Å². The largest absolute Gasteiger partial charge is 0.394 e. The molecule has 0 spiro atoms. The number of anilines is 1. The van der Waals surface area contributed by atoms with Gasteiger partial charge in [0.1, 0.15) is 16.4 Å². The van der Waals surface area contributed by atoms with Crippen molar-refractivity contribution < 1.29 is 22.3 Å². The number of aliphatic hydroxyl groups is 1. The predicted octanol–water partition coefficient (Wildman–Crippen LogP) is 4.35.